The lowest BCUT2D eigenvalue weighted by Crippen LogP contribution is -2.08. The number of ether oxygens (including phenoxy) is 1. The van der Waals surface area contributed by atoms with E-state index in [2.05, 4.69) is 39.3 Å². The van der Waals surface area contributed by atoms with Crippen molar-refractivity contribution in [1.29, 1.82) is 0 Å². The van der Waals surface area contributed by atoms with Gasteiger partial charge < -0.3 is 10.1 Å². The van der Waals surface area contributed by atoms with E-state index in [4.69, 9.17) is 4.74 Å². The Morgan fingerprint density at radius 2 is 2.16 bits per heavy atom. The van der Waals surface area contributed by atoms with Gasteiger partial charge in [-0.15, -0.1) is 0 Å². The topological polar surface area (TPSA) is 39.1 Å². The number of halogens is 1. The van der Waals surface area contributed by atoms with Crippen molar-refractivity contribution >= 4 is 21.6 Å². The molecule has 102 valence electrons. The predicted octanol–water partition coefficient (Wildman–Crippen LogP) is 3.59. The highest BCUT2D eigenvalue weighted by atomic mass is 79.9. The summed E-state index contributed by atoms with van der Waals surface area (Å²) >= 11 is 3.53. The Hall–Kier alpha value is -1.49. The van der Waals surface area contributed by atoms with Crippen LogP contribution in [0.1, 0.15) is 18.3 Å². The first-order valence-corrected chi connectivity index (χ1v) is 7.04. The Labute approximate surface area is 121 Å². The van der Waals surface area contributed by atoms with E-state index in [1.165, 1.54) is 5.69 Å². The van der Waals surface area contributed by atoms with E-state index in [1.807, 2.05) is 29.8 Å². The minimum atomic E-state index is 0.737. The van der Waals surface area contributed by atoms with Crippen molar-refractivity contribution in [2.75, 3.05) is 12.4 Å². The number of nitrogens with zero attached hydrogens (tertiary/aromatic N) is 2. The molecule has 0 saturated heterocycles. The second-order valence-corrected chi connectivity index (χ2v) is 5.15. The molecule has 1 aromatic carbocycles. The lowest BCUT2D eigenvalue weighted by Gasteiger charge is -2.11. The van der Waals surface area contributed by atoms with Crippen LogP contribution in [0.4, 0.5) is 5.69 Å². The average Bonchev–Trinajstić information content (AvgIpc) is 2.78. The van der Waals surface area contributed by atoms with Crippen molar-refractivity contribution < 1.29 is 4.74 Å². The second kappa shape index (κ2) is 6.10. The Morgan fingerprint density at radius 1 is 1.37 bits per heavy atom. The Kier molecular flexibility index (Phi) is 4.47. The number of rotatable bonds is 5. The van der Waals surface area contributed by atoms with Gasteiger partial charge in [-0.1, -0.05) is 0 Å². The number of anilines is 1. The van der Waals surface area contributed by atoms with Gasteiger partial charge in [0.05, 0.1) is 30.7 Å². The average molecular weight is 324 g/mol. The van der Waals surface area contributed by atoms with Gasteiger partial charge in [-0.25, -0.2) is 0 Å². The Morgan fingerprint density at radius 3 is 2.84 bits per heavy atom. The van der Waals surface area contributed by atoms with Crippen molar-refractivity contribution in [3.8, 4) is 5.75 Å². The van der Waals surface area contributed by atoms with Gasteiger partial charge in [-0.05, 0) is 48.0 Å². The zero-order valence-corrected chi connectivity index (χ0v) is 13.0. The van der Waals surface area contributed by atoms with Crippen molar-refractivity contribution in [2.24, 2.45) is 0 Å². The van der Waals surface area contributed by atoms with Gasteiger partial charge in [0.1, 0.15) is 5.75 Å². The largest absolute Gasteiger partial charge is 0.497 e. The van der Waals surface area contributed by atoms with E-state index in [0.717, 1.165) is 34.7 Å². The van der Waals surface area contributed by atoms with Crippen LogP contribution in [0.15, 0.2) is 28.7 Å². The highest BCUT2D eigenvalue weighted by Gasteiger charge is 2.06. The van der Waals surface area contributed by atoms with Crippen LogP contribution in [0, 0.1) is 6.92 Å². The molecule has 0 unspecified atom stereocenters. The summed E-state index contributed by atoms with van der Waals surface area (Å²) in [5.41, 5.74) is 3.24. The minimum Gasteiger partial charge on any atom is -0.497 e. The Balaban J connectivity index is 2.13. The van der Waals surface area contributed by atoms with Crippen LogP contribution in [0.5, 0.6) is 5.75 Å². The minimum absolute atomic E-state index is 0.737. The highest BCUT2D eigenvalue weighted by Crippen LogP contribution is 2.27. The summed E-state index contributed by atoms with van der Waals surface area (Å²) in [6.07, 6.45) is 0. The first kappa shape index (κ1) is 13.9. The van der Waals surface area contributed by atoms with E-state index in [-0.39, 0.29) is 0 Å². The third kappa shape index (κ3) is 3.29. The summed E-state index contributed by atoms with van der Waals surface area (Å²) in [6, 6.07) is 7.98. The maximum atomic E-state index is 5.23. The van der Waals surface area contributed by atoms with E-state index in [9.17, 15) is 0 Å². The van der Waals surface area contributed by atoms with Gasteiger partial charge in [0, 0.05) is 17.1 Å². The smallest absolute Gasteiger partial charge is 0.121 e. The first-order valence-electron chi connectivity index (χ1n) is 6.24. The standard InChI is InChI=1S/C14H18BrN3O/c1-4-18-11(7-10(2)17-18)9-16-14-8-12(19-3)5-6-13(14)15/h5-8,16H,4,9H2,1-3H3. The fourth-order valence-electron chi connectivity index (χ4n) is 1.97. The van der Waals surface area contributed by atoms with Gasteiger partial charge in [-0.3, -0.25) is 4.68 Å². The third-order valence-electron chi connectivity index (χ3n) is 2.92. The van der Waals surface area contributed by atoms with Crippen LogP contribution in [-0.2, 0) is 13.1 Å². The van der Waals surface area contributed by atoms with Gasteiger partial charge in [-0.2, -0.15) is 5.10 Å². The maximum Gasteiger partial charge on any atom is 0.121 e. The van der Waals surface area contributed by atoms with Crippen molar-refractivity contribution in [3.63, 3.8) is 0 Å². The van der Waals surface area contributed by atoms with Crippen LogP contribution < -0.4 is 10.1 Å². The molecule has 0 aliphatic heterocycles. The quantitative estimate of drug-likeness (QED) is 0.913. The van der Waals surface area contributed by atoms with E-state index in [1.54, 1.807) is 7.11 Å². The number of nitrogens with one attached hydrogen (secondary N) is 1. The number of hydrogen-bond acceptors (Lipinski definition) is 3. The molecular formula is C14H18BrN3O. The molecule has 0 radical (unpaired) electrons. The SMILES string of the molecule is CCn1nc(C)cc1CNc1cc(OC)ccc1Br. The molecule has 0 spiro atoms. The summed E-state index contributed by atoms with van der Waals surface area (Å²) < 4.78 is 8.26. The zero-order valence-electron chi connectivity index (χ0n) is 11.4. The molecule has 0 aliphatic rings. The second-order valence-electron chi connectivity index (χ2n) is 4.29. The molecule has 19 heavy (non-hydrogen) atoms. The molecule has 1 heterocycles. The summed E-state index contributed by atoms with van der Waals surface area (Å²) in [5, 5.41) is 7.84. The van der Waals surface area contributed by atoms with E-state index < -0.39 is 0 Å². The van der Waals surface area contributed by atoms with Crippen molar-refractivity contribution in [1.82, 2.24) is 9.78 Å². The van der Waals surface area contributed by atoms with Crippen LogP contribution in [-0.4, -0.2) is 16.9 Å². The summed E-state index contributed by atoms with van der Waals surface area (Å²) in [6.45, 7) is 5.72. The molecule has 4 nitrogen and oxygen atoms in total. The Bertz CT molecular complexity index is 566. The molecule has 5 heteroatoms. The monoisotopic (exact) mass is 323 g/mol. The molecule has 0 saturated carbocycles. The zero-order chi connectivity index (χ0) is 13.8. The summed E-state index contributed by atoms with van der Waals surface area (Å²) in [4.78, 5) is 0. The molecule has 2 rings (SSSR count). The maximum absolute atomic E-state index is 5.23. The number of aryl methyl sites for hydroxylation is 2. The van der Waals surface area contributed by atoms with Gasteiger partial charge >= 0.3 is 0 Å². The van der Waals surface area contributed by atoms with Crippen molar-refractivity contribution in [2.45, 2.75) is 26.9 Å². The molecule has 1 N–H and O–H groups in total. The van der Waals surface area contributed by atoms with Gasteiger partial charge in [0.15, 0.2) is 0 Å². The molecule has 0 fully saturated rings. The lowest BCUT2D eigenvalue weighted by molar-refractivity contribution is 0.415. The summed E-state index contributed by atoms with van der Waals surface area (Å²) in [7, 11) is 1.67. The first-order chi connectivity index (χ1) is 9.13. The number of methoxy groups -OCH3 is 1. The number of aromatic nitrogens is 2. The molecule has 0 aliphatic carbocycles. The molecule has 0 bridgehead atoms. The third-order valence-corrected chi connectivity index (χ3v) is 3.61. The number of benzene rings is 1. The van der Waals surface area contributed by atoms with Crippen LogP contribution >= 0.6 is 15.9 Å². The van der Waals surface area contributed by atoms with Gasteiger partial charge in [0.25, 0.3) is 0 Å². The predicted molar refractivity (Wildman–Crippen MR) is 80.7 cm³/mol. The highest BCUT2D eigenvalue weighted by molar-refractivity contribution is 9.10. The summed E-state index contributed by atoms with van der Waals surface area (Å²) in [5.74, 6) is 0.839. The lowest BCUT2D eigenvalue weighted by atomic mass is 10.3. The van der Waals surface area contributed by atoms with E-state index >= 15 is 0 Å². The fraction of sp³-hybridized carbons (Fsp3) is 0.357. The van der Waals surface area contributed by atoms with Crippen LogP contribution in [0.2, 0.25) is 0 Å². The molecule has 0 atom stereocenters. The number of hydrogen-bond donors (Lipinski definition) is 1. The fourth-order valence-corrected chi connectivity index (χ4v) is 2.35. The molecular weight excluding hydrogens is 306 g/mol. The molecule has 0 amide bonds. The van der Waals surface area contributed by atoms with Crippen LogP contribution in [0.25, 0.3) is 0 Å². The van der Waals surface area contributed by atoms with Crippen molar-refractivity contribution in [3.05, 3.63) is 40.1 Å². The molecule has 1 aromatic heterocycles. The normalized spacial score (nSPS) is 10.5. The van der Waals surface area contributed by atoms with E-state index in [0.29, 0.717) is 0 Å². The van der Waals surface area contributed by atoms with Crippen LogP contribution in [0.3, 0.4) is 0 Å². The molecule has 2 aromatic rings. The van der Waals surface area contributed by atoms with Gasteiger partial charge in [0.2, 0.25) is 0 Å².